The van der Waals surface area contributed by atoms with E-state index in [4.69, 9.17) is 0 Å². The Balaban J connectivity index is 2.83. The van der Waals surface area contributed by atoms with E-state index in [1.807, 2.05) is 0 Å². The van der Waals surface area contributed by atoms with Crippen molar-refractivity contribution < 1.29 is 4.79 Å². The van der Waals surface area contributed by atoms with E-state index in [1.165, 1.54) is 16.7 Å². The van der Waals surface area contributed by atoms with Crippen molar-refractivity contribution in [3.05, 3.63) is 40.8 Å². The summed E-state index contributed by atoms with van der Waals surface area (Å²) in [7, 11) is 1.63. The molecular weight excluding hydrogens is 180 g/mol. The first-order valence-corrected chi connectivity index (χ1v) is 4.24. The van der Waals surface area contributed by atoms with Crippen LogP contribution in [0, 0.1) is 0 Å². The van der Waals surface area contributed by atoms with Crippen molar-refractivity contribution in [3.63, 3.8) is 0 Å². The first-order valence-electron chi connectivity index (χ1n) is 4.24. The van der Waals surface area contributed by atoms with Crippen LogP contribution >= 0.6 is 0 Å². The van der Waals surface area contributed by atoms with Gasteiger partial charge in [-0.05, 0) is 19.1 Å². The van der Waals surface area contributed by atoms with Crippen LogP contribution in [0.15, 0.2) is 35.3 Å². The third kappa shape index (κ3) is 2.58. The lowest BCUT2D eigenvalue weighted by atomic mass is 10.4. The van der Waals surface area contributed by atoms with Gasteiger partial charge >= 0.3 is 0 Å². The van der Waals surface area contributed by atoms with Gasteiger partial charge in [-0.3, -0.25) is 9.59 Å². The zero-order valence-electron chi connectivity index (χ0n) is 8.15. The zero-order valence-corrected chi connectivity index (χ0v) is 8.15. The van der Waals surface area contributed by atoms with Crippen molar-refractivity contribution in [1.82, 2.24) is 4.57 Å². The van der Waals surface area contributed by atoms with Crippen molar-refractivity contribution in [1.29, 1.82) is 0 Å². The quantitative estimate of drug-likeness (QED) is 0.708. The molecule has 1 rings (SSSR count). The van der Waals surface area contributed by atoms with Crippen LogP contribution in [0.3, 0.4) is 0 Å². The van der Waals surface area contributed by atoms with Gasteiger partial charge in [0.25, 0.3) is 0 Å². The number of hydrogen-bond donors (Lipinski definition) is 1. The summed E-state index contributed by atoms with van der Waals surface area (Å²) in [5, 5.41) is 2.63. The number of nitrogens with zero attached hydrogens (tertiary/aromatic N) is 1. The molecule has 0 unspecified atom stereocenters. The molecular formula is C10H12N2O2. The Morgan fingerprint density at radius 2 is 2.21 bits per heavy atom. The lowest BCUT2D eigenvalue weighted by Crippen LogP contribution is -2.16. The van der Waals surface area contributed by atoms with Gasteiger partial charge in [-0.2, -0.15) is 0 Å². The van der Waals surface area contributed by atoms with E-state index in [-0.39, 0.29) is 11.5 Å². The Labute approximate surface area is 81.9 Å². The number of anilines is 1. The summed E-state index contributed by atoms with van der Waals surface area (Å²) in [5.74, 6) is -0.203. The number of aryl methyl sites for hydroxylation is 1. The number of carbonyl (C=O) groups excluding carboxylic acids is 1. The van der Waals surface area contributed by atoms with Gasteiger partial charge in [-0.25, -0.2) is 0 Å². The third-order valence-electron chi connectivity index (χ3n) is 1.67. The van der Waals surface area contributed by atoms with E-state index in [1.54, 1.807) is 32.3 Å². The summed E-state index contributed by atoms with van der Waals surface area (Å²) in [6, 6.07) is 2.98. The molecule has 0 atom stereocenters. The summed E-state index contributed by atoms with van der Waals surface area (Å²) < 4.78 is 1.41. The Hall–Kier alpha value is -1.84. The fourth-order valence-corrected chi connectivity index (χ4v) is 1.00. The van der Waals surface area contributed by atoms with Crippen LogP contribution in [0.2, 0.25) is 0 Å². The molecule has 0 spiro atoms. The molecule has 0 radical (unpaired) electrons. The van der Waals surface area contributed by atoms with E-state index in [2.05, 4.69) is 5.32 Å². The highest BCUT2D eigenvalue weighted by Crippen LogP contribution is 2.01. The number of pyridine rings is 1. The van der Waals surface area contributed by atoms with E-state index in [9.17, 15) is 9.59 Å². The second kappa shape index (κ2) is 4.41. The summed E-state index contributed by atoms with van der Waals surface area (Å²) >= 11 is 0. The standard InChI is InChI=1S/C10H12N2O2/c1-3-4-9(13)11-8-5-6-10(14)12(2)7-8/h3-7H,1-2H3,(H,11,13). The molecule has 0 bridgehead atoms. The van der Waals surface area contributed by atoms with Gasteiger partial charge in [0.15, 0.2) is 0 Å². The Kier molecular flexibility index (Phi) is 3.23. The lowest BCUT2D eigenvalue weighted by Gasteiger charge is -2.03. The predicted octanol–water partition coefficient (Wildman–Crippen LogP) is 0.900. The van der Waals surface area contributed by atoms with E-state index in [0.717, 1.165) is 0 Å². The maximum Gasteiger partial charge on any atom is 0.250 e. The van der Waals surface area contributed by atoms with Gasteiger partial charge in [0.2, 0.25) is 11.5 Å². The third-order valence-corrected chi connectivity index (χ3v) is 1.67. The van der Waals surface area contributed by atoms with Crippen LogP contribution in [0.25, 0.3) is 0 Å². The molecule has 1 aromatic heterocycles. The van der Waals surface area contributed by atoms with Crippen LogP contribution in [-0.4, -0.2) is 10.5 Å². The highest BCUT2D eigenvalue weighted by atomic mass is 16.1. The lowest BCUT2D eigenvalue weighted by molar-refractivity contribution is -0.111. The van der Waals surface area contributed by atoms with Crippen LogP contribution in [0.5, 0.6) is 0 Å². The average Bonchev–Trinajstić information content (AvgIpc) is 2.12. The van der Waals surface area contributed by atoms with Gasteiger partial charge in [-0.15, -0.1) is 0 Å². The number of carbonyl (C=O) groups is 1. The first kappa shape index (κ1) is 10.2. The highest BCUT2D eigenvalue weighted by Gasteiger charge is 1.97. The molecule has 0 saturated heterocycles. The number of amides is 1. The largest absolute Gasteiger partial charge is 0.321 e. The van der Waals surface area contributed by atoms with Crippen molar-refractivity contribution >= 4 is 11.6 Å². The van der Waals surface area contributed by atoms with E-state index < -0.39 is 0 Å². The van der Waals surface area contributed by atoms with Crippen molar-refractivity contribution in [2.45, 2.75) is 6.92 Å². The molecule has 0 saturated carbocycles. The molecule has 0 fully saturated rings. The van der Waals surface area contributed by atoms with Crippen molar-refractivity contribution in [3.8, 4) is 0 Å². The molecule has 4 nitrogen and oxygen atoms in total. The maximum atomic E-state index is 11.1. The zero-order chi connectivity index (χ0) is 10.6. The highest BCUT2D eigenvalue weighted by molar-refractivity contribution is 5.99. The molecule has 1 N–H and O–H groups in total. The van der Waals surface area contributed by atoms with Crippen molar-refractivity contribution in [2.75, 3.05) is 5.32 Å². The normalized spacial score (nSPS) is 10.4. The average molecular weight is 192 g/mol. The molecule has 0 aliphatic carbocycles. The topological polar surface area (TPSA) is 51.1 Å². The van der Waals surface area contributed by atoms with Crippen LogP contribution in [0.4, 0.5) is 5.69 Å². The molecule has 0 aliphatic rings. The number of aromatic nitrogens is 1. The number of nitrogens with one attached hydrogen (secondary N) is 1. The Bertz CT molecular complexity index is 418. The van der Waals surface area contributed by atoms with Gasteiger partial charge in [0.1, 0.15) is 0 Å². The maximum absolute atomic E-state index is 11.1. The summed E-state index contributed by atoms with van der Waals surface area (Å²) in [4.78, 5) is 22.1. The molecule has 4 heteroatoms. The molecule has 1 heterocycles. The molecule has 1 aromatic rings. The van der Waals surface area contributed by atoms with E-state index in [0.29, 0.717) is 5.69 Å². The van der Waals surface area contributed by atoms with Crippen LogP contribution in [0.1, 0.15) is 6.92 Å². The molecule has 0 aliphatic heterocycles. The van der Waals surface area contributed by atoms with Gasteiger partial charge in [0, 0.05) is 19.3 Å². The SMILES string of the molecule is CC=CC(=O)Nc1ccc(=O)n(C)c1. The van der Waals surface area contributed by atoms with Gasteiger partial charge in [-0.1, -0.05) is 6.08 Å². The smallest absolute Gasteiger partial charge is 0.250 e. The second-order valence-corrected chi connectivity index (χ2v) is 2.86. The molecule has 74 valence electrons. The monoisotopic (exact) mass is 192 g/mol. The Morgan fingerprint density at radius 1 is 1.50 bits per heavy atom. The first-order chi connectivity index (χ1) is 6.63. The summed E-state index contributed by atoms with van der Waals surface area (Å²) in [6.45, 7) is 1.76. The molecule has 0 aromatic carbocycles. The van der Waals surface area contributed by atoms with Gasteiger partial charge < -0.3 is 9.88 Å². The fourth-order valence-electron chi connectivity index (χ4n) is 1.00. The second-order valence-electron chi connectivity index (χ2n) is 2.86. The summed E-state index contributed by atoms with van der Waals surface area (Å²) in [6.07, 6.45) is 4.64. The van der Waals surface area contributed by atoms with E-state index >= 15 is 0 Å². The predicted molar refractivity (Wildman–Crippen MR) is 55.1 cm³/mol. The summed E-state index contributed by atoms with van der Waals surface area (Å²) in [5.41, 5.74) is 0.504. The molecule has 14 heavy (non-hydrogen) atoms. The van der Waals surface area contributed by atoms with Crippen LogP contribution < -0.4 is 10.9 Å². The number of rotatable bonds is 2. The van der Waals surface area contributed by atoms with Gasteiger partial charge in [0.05, 0.1) is 5.69 Å². The fraction of sp³-hybridized carbons (Fsp3) is 0.200. The van der Waals surface area contributed by atoms with Crippen molar-refractivity contribution in [2.24, 2.45) is 7.05 Å². The minimum Gasteiger partial charge on any atom is -0.321 e. The number of hydrogen-bond acceptors (Lipinski definition) is 2. The number of allylic oxidation sites excluding steroid dienone is 1. The minimum atomic E-state index is -0.203. The Morgan fingerprint density at radius 3 is 2.79 bits per heavy atom. The minimum absolute atomic E-state index is 0.103. The van der Waals surface area contributed by atoms with Crippen LogP contribution in [-0.2, 0) is 11.8 Å². The molecule has 1 amide bonds.